The normalized spacial score (nSPS) is 19.6. The average Bonchev–Trinajstić information content (AvgIpc) is 2.75. The van der Waals surface area contributed by atoms with Gasteiger partial charge < -0.3 is 19.1 Å². The van der Waals surface area contributed by atoms with Crippen LogP contribution in [0.1, 0.15) is 31.1 Å². The Morgan fingerprint density at radius 3 is 2.59 bits per heavy atom. The number of carbonyl (C=O) groups excluding carboxylic acids is 2. The quantitative estimate of drug-likeness (QED) is 0.397. The Morgan fingerprint density at radius 2 is 1.94 bits per heavy atom. The molecule has 0 saturated carbocycles. The molecule has 0 N–H and O–H groups in total. The van der Waals surface area contributed by atoms with Crippen molar-refractivity contribution < 1.29 is 18.9 Å². The van der Waals surface area contributed by atoms with Crippen LogP contribution in [0.25, 0.3) is 0 Å². The minimum absolute atomic E-state index is 0.0216. The molecule has 1 fully saturated rings. The molecule has 1 amide bonds. The number of benzene rings is 2. The summed E-state index contributed by atoms with van der Waals surface area (Å²) in [5.41, 5.74) is 1.55. The fourth-order valence-corrected chi connectivity index (χ4v) is 5.87. The standard InChI is InChI=1S/C23H26BrClN2O4S/c1-4-31-22(28)14-32(30)21-9-8-17(12-20(21)24)23(29)27-11-10-26(15(2)16(27)3)19-7-5-6-18(25)13-19/h5-9,12-13,15-16H,4,10-11,14H2,1-3H3/t15-,16-,32?/m0/s1. The fraction of sp³-hybridized carbons (Fsp3) is 0.391. The Bertz CT molecular complexity index is 992. The number of nitrogens with zero attached hydrogens (tertiary/aromatic N) is 2. The molecule has 0 spiro atoms. The van der Waals surface area contributed by atoms with Crippen LogP contribution >= 0.6 is 27.5 Å². The Kier molecular flexibility index (Phi) is 8.49. The maximum absolute atomic E-state index is 13.3. The van der Waals surface area contributed by atoms with Gasteiger partial charge in [-0.2, -0.15) is 0 Å². The van der Waals surface area contributed by atoms with Crippen molar-refractivity contribution in [2.24, 2.45) is 0 Å². The third-order valence-corrected chi connectivity index (χ3v) is 8.14. The maximum atomic E-state index is 13.3. The van der Waals surface area contributed by atoms with Gasteiger partial charge in [0.2, 0.25) is 5.75 Å². The molecule has 6 nitrogen and oxygen atoms in total. The van der Waals surface area contributed by atoms with Gasteiger partial charge in [-0.05, 0) is 84.3 Å². The van der Waals surface area contributed by atoms with Crippen LogP contribution in [0.2, 0.25) is 5.02 Å². The molecule has 3 rings (SSSR count). The van der Waals surface area contributed by atoms with E-state index in [0.717, 1.165) is 5.69 Å². The van der Waals surface area contributed by atoms with Crippen molar-refractivity contribution in [2.75, 3.05) is 30.3 Å². The summed E-state index contributed by atoms with van der Waals surface area (Å²) in [6, 6.07) is 12.8. The molecule has 2 aromatic carbocycles. The first-order valence-electron chi connectivity index (χ1n) is 10.4. The summed E-state index contributed by atoms with van der Waals surface area (Å²) in [6.45, 7) is 7.35. The van der Waals surface area contributed by atoms with Crippen LogP contribution in [-0.2, 0) is 20.7 Å². The van der Waals surface area contributed by atoms with E-state index in [2.05, 4.69) is 27.8 Å². The van der Waals surface area contributed by atoms with E-state index < -0.39 is 17.1 Å². The smallest absolute Gasteiger partial charge is 0.356 e. The highest BCUT2D eigenvalue weighted by Gasteiger charge is 2.34. The van der Waals surface area contributed by atoms with Gasteiger partial charge in [0.1, 0.15) is 0 Å². The first-order chi connectivity index (χ1) is 15.2. The predicted octanol–water partition coefficient (Wildman–Crippen LogP) is 4.51. The summed E-state index contributed by atoms with van der Waals surface area (Å²) >= 11 is 8.01. The molecule has 0 bridgehead atoms. The van der Waals surface area contributed by atoms with E-state index >= 15 is 0 Å². The summed E-state index contributed by atoms with van der Waals surface area (Å²) in [6.07, 6.45) is 0. The summed E-state index contributed by atoms with van der Waals surface area (Å²) in [5, 5.41) is 0.686. The highest BCUT2D eigenvalue weighted by atomic mass is 79.9. The van der Waals surface area contributed by atoms with E-state index in [1.807, 2.05) is 36.1 Å². The molecule has 1 unspecified atom stereocenters. The van der Waals surface area contributed by atoms with Crippen LogP contribution in [0.3, 0.4) is 0 Å². The lowest BCUT2D eigenvalue weighted by atomic mass is 10.0. The zero-order valence-electron chi connectivity index (χ0n) is 18.2. The number of rotatable bonds is 6. The largest absolute Gasteiger partial charge is 0.611 e. The number of esters is 1. The Balaban J connectivity index is 1.72. The van der Waals surface area contributed by atoms with Crippen LogP contribution in [0.15, 0.2) is 51.8 Å². The van der Waals surface area contributed by atoms with Crippen molar-refractivity contribution in [1.29, 1.82) is 0 Å². The third kappa shape index (κ3) is 5.60. The SMILES string of the molecule is CCOC(=O)C[S+]([O-])c1ccc(C(=O)N2CCN(c3cccc(Cl)c3)[C@@H](C)[C@@H]2C)cc1Br. The van der Waals surface area contributed by atoms with Gasteiger partial charge in [-0.15, -0.1) is 0 Å². The second-order valence-corrected chi connectivity index (χ2v) is 10.3. The number of hydrogen-bond acceptors (Lipinski definition) is 5. The minimum atomic E-state index is -1.56. The summed E-state index contributed by atoms with van der Waals surface area (Å²) in [4.78, 5) is 29.5. The number of anilines is 1. The second kappa shape index (κ2) is 10.9. The molecule has 0 aliphatic carbocycles. The molecule has 3 atom stereocenters. The fourth-order valence-electron chi connectivity index (χ4n) is 3.82. The van der Waals surface area contributed by atoms with Crippen LogP contribution in [0, 0.1) is 0 Å². The first kappa shape index (κ1) is 24.9. The van der Waals surface area contributed by atoms with E-state index in [0.29, 0.717) is 33.0 Å². The van der Waals surface area contributed by atoms with Crippen molar-refractivity contribution in [1.82, 2.24) is 4.90 Å². The molecule has 1 heterocycles. The van der Waals surface area contributed by atoms with Crippen molar-refractivity contribution >= 4 is 56.3 Å². The molecule has 0 radical (unpaired) electrons. The number of amides is 1. The molecule has 1 saturated heterocycles. The maximum Gasteiger partial charge on any atom is 0.356 e. The lowest BCUT2D eigenvalue weighted by Crippen LogP contribution is -2.59. The van der Waals surface area contributed by atoms with Crippen molar-refractivity contribution in [3.8, 4) is 0 Å². The summed E-state index contributed by atoms with van der Waals surface area (Å²) in [7, 11) is 0. The molecule has 1 aliphatic heterocycles. The van der Waals surface area contributed by atoms with Gasteiger partial charge in [0.05, 0.1) is 11.1 Å². The van der Waals surface area contributed by atoms with Gasteiger partial charge in [0.15, 0.2) is 4.90 Å². The van der Waals surface area contributed by atoms with E-state index in [4.69, 9.17) is 16.3 Å². The molecule has 0 aromatic heterocycles. The molecular formula is C23H26BrClN2O4S. The lowest BCUT2D eigenvalue weighted by Gasteiger charge is -2.46. The van der Waals surface area contributed by atoms with E-state index in [9.17, 15) is 14.1 Å². The zero-order chi connectivity index (χ0) is 23.4. The monoisotopic (exact) mass is 540 g/mol. The van der Waals surface area contributed by atoms with Gasteiger partial charge in [-0.1, -0.05) is 17.7 Å². The summed E-state index contributed by atoms with van der Waals surface area (Å²) in [5.74, 6) is -0.823. The second-order valence-electron chi connectivity index (χ2n) is 7.59. The van der Waals surface area contributed by atoms with Crippen LogP contribution in [0.4, 0.5) is 5.69 Å². The number of hydrogen-bond donors (Lipinski definition) is 0. The van der Waals surface area contributed by atoms with E-state index in [-0.39, 0.29) is 30.4 Å². The zero-order valence-corrected chi connectivity index (χ0v) is 21.4. The number of halogens is 2. The minimum Gasteiger partial charge on any atom is -0.611 e. The molecule has 2 aromatic rings. The van der Waals surface area contributed by atoms with Crippen molar-refractivity contribution in [3.05, 3.63) is 57.5 Å². The van der Waals surface area contributed by atoms with Crippen LogP contribution in [0.5, 0.6) is 0 Å². The Labute approximate surface area is 205 Å². The van der Waals surface area contributed by atoms with Crippen molar-refractivity contribution in [2.45, 2.75) is 37.8 Å². The average molecular weight is 542 g/mol. The van der Waals surface area contributed by atoms with Crippen molar-refractivity contribution in [3.63, 3.8) is 0 Å². The van der Waals surface area contributed by atoms with Gasteiger partial charge in [-0.25, -0.2) is 4.79 Å². The number of carbonyl (C=O) groups is 2. The van der Waals surface area contributed by atoms with Gasteiger partial charge in [0.25, 0.3) is 5.91 Å². The molecular weight excluding hydrogens is 516 g/mol. The molecule has 1 aliphatic rings. The first-order valence-corrected chi connectivity index (χ1v) is 12.9. The van der Waals surface area contributed by atoms with Gasteiger partial charge in [-0.3, -0.25) is 4.79 Å². The predicted molar refractivity (Wildman–Crippen MR) is 131 cm³/mol. The number of piperazine rings is 1. The van der Waals surface area contributed by atoms with Gasteiger partial charge in [0, 0.05) is 41.4 Å². The van der Waals surface area contributed by atoms with E-state index in [1.54, 1.807) is 25.1 Å². The highest BCUT2D eigenvalue weighted by molar-refractivity contribution is 9.10. The Morgan fingerprint density at radius 1 is 1.19 bits per heavy atom. The topological polar surface area (TPSA) is 72.9 Å². The highest BCUT2D eigenvalue weighted by Crippen LogP contribution is 2.29. The third-order valence-electron chi connectivity index (χ3n) is 5.64. The molecule has 9 heteroatoms. The molecule has 32 heavy (non-hydrogen) atoms. The molecule has 172 valence electrons. The summed E-state index contributed by atoms with van der Waals surface area (Å²) < 4.78 is 17.9. The van der Waals surface area contributed by atoms with Gasteiger partial charge >= 0.3 is 5.97 Å². The number of ether oxygens (including phenoxy) is 1. The lowest BCUT2D eigenvalue weighted by molar-refractivity contribution is -0.139. The Hall–Kier alpha value is -1.74. The van der Waals surface area contributed by atoms with Crippen LogP contribution in [-0.4, -0.2) is 58.9 Å². The van der Waals surface area contributed by atoms with E-state index in [1.165, 1.54) is 0 Å². The van der Waals surface area contributed by atoms with Crippen LogP contribution < -0.4 is 4.90 Å².